The quantitative estimate of drug-likeness (QED) is 0.900. The smallest absolute Gasteiger partial charge is 0.260 e. The molecule has 0 unspecified atom stereocenters. The molecule has 0 spiro atoms. The van der Waals surface area contributed by atoms with Crippen LogP contribution in [0.25, 0.3) is 0 Å². The maximum absolute atomic E-state index is 12.4. The average molecular weight is 303 g/mol. The summed E-state index contributed by atoms with van der Waals surface area (Å²) in [6.45, 7) is 5.90. The maximum atomic E-state index is 12.4. The first-order valence-corrected chi connectivity index (χ1v) is 8.60. The van der Waals surface area contributed by atoms with Crippen molar-refractivity contribution >= 4 is 5.91 Å². The predicted molar refractivity (Wildman–Crippen MR) is 90.3 cm³/mol. The van der Waals surface area contributed by atoms with Crippen molar-refractivity contribution in [3.63, 3.8) is 0 Å². The van der Waals surface area contributed by atoms with Crippen LogP contribution in [0.15, 0.2) is 18.2 Å². The summed E-state index contributed by atoms with van der Waals surface area (Å²) in [5, 5.41) is 3.17. The van der Waals surface area contributed by atoms with Crippen LogP contribution in [-0.2, 0) is 4.79 Å². The van der Waals surface area contributed by atoms with E-state index in [2.05, 4.69) is 18.3 Å². The van der Waals surface area contributed by atoms with Gasteiger partial charge >= 0.3 is 0 Å². The number of aryl methyl sites for hydroxylation is 2. The van der Waals surface area contributed by atoms with Crippen LogP contribution in [0.5, 0.6) is 5.75 Å². The van der Waals surface area contributed by atoms with E-state index in [0.29, 0.717) is 6.04 Å². The number of amides is 1. The van der Waals surface area contributed by atoms with Crippen molar-refractivity contribution in [3.05, 3.63) is 29.3 Å². The van der Waals surface area contributed by atoms with Gasteiger partial charge in [-0.2, -0.15) is 0 Å². The van der Waals surface area contributed by atoms with Crippen LogP contribution in [0.3, 0.4) is 0 Å². The minimum absolute atomic E-state index is 0.00514. The number of rotatable bonds is 4. The van der Waals surface area contributed by atoms with E-state index in [-0.39, 0.29) is 5.91 Å². The van der Waals surface area contributed by atoms with Crippen molar-refractivity contribution in [2.75, 3.05) is 0 Å². The Kier molecular flexibility index (Phi) is 6.29. The summed E-state index contributed by atoms with van der Waals surface area (Å²) in [4.78, 5) is 12.4. The summed E-state index contributed by atoms with van der Waals surface area (Å²) in [5.74, 6) is 0.802. The molecule has 122 valence electrons. The molecule has 22 heavy (non-hydrogen) atoms. The number of carbonyl (C=O) groups excluding carboxylic acids is 1. The predicted octanol–water partition coefficient (Wildman–Crippen LogP) is 4.30. The monoisotopic (exact) mass is 303 g/mol. The van der Waals surface area contributed by atoms with Gasteiger partial charge in [0, 0.05) is 6.04 Å². The van der Waals surface area contributed by atoms with Crippen molar-refractivity contribution in [1.82, 2.24) is 5.32 Å². The number of carbonyl (C=O) groups is 1. The maximum Gasteiger partial charge on any atom is 0.260 e. The van der Waals surface area contributed by atoms with Gasteiger partial charge in [-0.1, -0.05) is 49.8 Å². The third-order valence-corrected chi connectivity index (χ3v) is 4.45. The van der Waals surface area contributed by atoms with Crippen LogP contribution in [0.4, 0.5) is 0 Å². The fourth-order valence-electron chi connectivity index (χ4n) is 3.09. The van der Waals surface area contributed by atoms with E-state index in [9.17, 15) is 4.79 Å². The highest BCUT2D eigenvalue weighted by Gasteiger charge is 2.20. The van der Waals surface area contributed by atoms with Gasteiger partial charge in [-0.25, -0.2) is 0 Å². The highest BCUT2D eigenvalue weighted by Crippen LogP contribution is 2.21. The lowest BCUT2D eigenvalue weighted by Gasteiger charge is -2.23. The number of hydrogen-bond acceptors (Lipinski definition) is 2. The molecule has 3 heteroatoms. The minimum atomic E-state index is -0.452. The first-order valence-electron chi connectivity index (χ1n) is 8.60. The van der Waals surface area contributed by atoms with Gasteiger partial charge in [0.15, 0.2) is 6.10 Å². The molecule has 0 aromatic heterocycles. The van der Waals surface area contributed by atoms with E-state index in [1.165, 1.54) is 37.7 Å². The van der Waals surface area contributed by atoms with Gasteiger partial charge in [-0.15, -0.1) is 0 Å². The molecule has 1 fully saturated rings. The lowest BCUT2D eigenvalue weighted by atomic mass is 9.96. The molecule has 0 bridgehead atoms. The number of hydrogen-bond donors (Lipinski definition) is 1. The van der Waals surface area contributed by atoms with E-state index in [1.807, 2.05) is 26.0 Å². The van der Waals surface area contributed by atoms with Crippen LogP contribution in [-0.4, -0.2) is 18.1 Å². The lowest BCUT2D eigenvalue weighted by Crippen LogP contribution is -2.42. The number of benzene rings is 1. The normalized spacial score (nSPS) is 18.1. The SMILES string of the molecule is Cc1ccc(O[C@@H](C)C(=O)NC2CCCCCCC2)c(C)c1. The summed E-state index contributed by atoms with van der Waals surface area (Å²) < 4.78 is 5.85. The van der Waals surface area contributed by atoms with Crippen LogP contribution < -0.4 is 10.1 Å². The zero-order valence-corrected chi connectivity index (χ0v) is 14.2. The first kappa shape index (κ1) is 16.9. The third-order valence-electron chi connectivity index (χ3n) is 4.45. The molecule has 0 aliphatic heterocycles. The summed E-state index contributed by atoms with van der Waals surface area (Å²) >= 11 is 0. The van der Waals surface area contributed by atoms with Crippen molar-refractivity contribution in [2.24, 2.45) is 0 Å². The Labute approximate surface area is 134 Å². The Bertz CT molecular complexity index is 490. The van der Waals surface area contributed by atoms with Crippen LogP contribution in [0.1, 0.15) is 63.0 Å². The van der Waals surface area contributed by atoms with Gasteiger partial charge < -0.3 is 10.1 Å². The second kappa shape index (κ2) is 8.21. The molecule has 1 atom stereocenters. The zero-order valence-electron chi connectivity index (χ0n) is 14.2. The molecule has 1 aromatic carbocycles. The van der Waals surface area contributed by atoms with E-state index in [0.717, 1.165) is 24.2 Å². The van der Waals surface area contributed by atoms with E-state index in [4.69, 9.17) is 4.74 Å². The number of nitrogens with one attached hydrogen (secondary N) is 1. The second-order valence-electron chi connectivity index (χ2n) is 6.58. The topological polar surface area (TPSA) is 38.3 Å². The number of ether oxygens (including phenoxy) is 1. The fourth-order valence-corrected chi connectivity index (χ4v) is 3.09. The van der Waals surface area contributed by atoms with Crippen molar-refractivity contribution < 1.29 is 9.53 Å². The van der Waals surface area contributed by atoms with Gasteiger partial charge in [0.25, 0.3) is 5.91 Å². The van der Waals surface area contributed by atoms with E-state index in [1.54, 1.807) is 0 Å². The van der Waals surface area contributed by atoms with Crippen molar-refractivity contribution in [2.45, 2.75) is 77.9 Å². The molecule has 2 rings (SSSR count). The fraction of sp³-hybridized carbons (Fsp3) is 0.632. The van der Waals surface area contributed by atoms with Gasteiger partial charge in [-0.05, 0) is 45.2 Å². The molecule has 1 aliphatic carbocycles. The van der Waals surface area contributed by atoms with Gasteiger partial charge in [0.2, 0.25) is 0 Å². The molecule has 0 heterocycles. The molecule has 1 aliphatic rings. The van der Waals surface area contributed by atoms with Gasteiger partial charge in [-0.3, -0.25) is 4.79 Å². The molecule has 1 saturated carbocycles. The average Bonchev–Trinajstić information content (AvgIpc) is 2.44. The van der Waals surface area contributed by atoms with Gasteiger partial charge in [0.1, 0.15) is 5.75 Å². The molecule has 1 aromatic rings. The van der Waals surface area contributed by atoms with Crippen LogP contribution >= 0.6 is 0 Å². The van der Waals surface area contributed by atoms with Gasteiger partial charge in [0.05, 0.1) is 0 Å². The summed E-state index contributed by atoms with van der Waals surface area (Å²) in [5.41, 5.74) is 2.28. The van der Waals surface area contributed by atoms with Crippen molar-refractivity contribution in [1.29, 1.82) is 0 Å². The standard InChI is InChI=1S/C19H29NO2/c1-14-11-12-18(15(2)13-14)22-16(3)19(21)20-17-9-7-5-4-6-8-10-17/h11-13,16-17H,4-10H2,1-3H3,(H,20,21)/t16-/m0/s1. The van der Waals surface area contributed by atoms with E-state index < -0.39 is 6.10 Å². The highest BCUT2D eigenvalue weighted by molar-refractivity contribution is 5.81. The second-order valence-corrected chi connectivity index (χ2v) is 6.58. The Hall–Kier alpha value is -1.51. The van der Waals surface area contributed by atoms with E-state index >= 15 is 0 Å². The molecular formula is C19H29NO2. The van der Waals surface area contributed by atoms with Crippen LogP contribution in [0, 0.1) is 13.8 Å². The molecule has 1 N–H and O–H groups in total. The Morgan fingerprint density at radius 1 is 1.14 bits per heavy atom. The molecular weight excluding hydrogens is 274 g/mol. The third kappa shape index (κ3) is 5.04. The van der Waals surface area contributed by atoms with Crippen molar-refractivity contribution in [3.8, 4) is 5.75 Å². The van der Waals surface area contributed by atoms with Crippen LogP contribution in [0.2, 0.25) is 0 Å². The lowest BCUT2D eigenvalue weighted by molar-refractivity contribution is -0.128. The largest absolute Gasteiger partial charge is 0.481 e. The minimum Gasteiger partial charge on any atom is -0.481 e. The Morgan fingerprint density at radius 2 is 1.77 bits per heavy atom. The Balaban J connectivity index is 1.88. The summed E-state index contributed by atoms with van der Waals surface area (Å²) in [6.07, 6.45) is 8.11. The molecule has 0 saturated heterocycles. The highest BCUT2D eigenvalue weighted by atomic mass is 16.5. The summed E-state index contributed by atoms with van der Waals surface area (Å²) in [7, 11) is 0. The Morgan fingerprint density at radius 3 is 2.41 bits per heavy atom. The summed E-state index contributed by atoms with van der Waals surface area (Å²) in [6, 6.07) is 6.36. The molecule has 3 nitrogen and oxygen atoms in total. The molecule has 0 radical (unpaired) electrons. The first-order chi connectivity index (χ1) is 10.6. The zero-order chi connectivity index (χ0) is 15.9. The molecule has 1 amide bonds.